The maximum absolute atomic E-state index is 9.73. The van der Waals surface area contributed by atoms with E-state index in [4.69, 9.17) is 0 Å². The van der Waals surface area contributed by atoms with Crippen LogP contribution in [-0.2, 0) is 9.59 Å². The molecule has 0 heterocycles. The van der Waals surface area contributed by atoms with Gasteiger partial charge in [0.1, 0.15) is 6.29 Å². The van der Waals surface area contributed by atoms with Gasteiger partial charge in [0.25, 0.3) is 0 Å². The predicted octanol–water partition coefficient (Wildman–Crippen LogP) is -0.773. The second kappa shape index (κ2) is 3.08. The van der Waals surface area contributed by atoms with E-state index in [1.807, 2.05) is 0 Å². The molecule has 0 aliphatic carbocycles. The maximum atomic E-state index is 9.73. The van der Waals surface area contributed by atoms with Gasteiger partial charge in [0.05, 0.1) is 0 Å². The summed E-state index contributed by atoms with van der Waals surface area (Å²) in [4.78, 5) is 19.1. The first-order valence-electron chi connectivity index (χ1n) is 1.68. The van der Waals surface area contributed by atoms with Gasteiger partial charge in [0.2, 0.25) is 5.91 Å². The van der Waals surface area contributed by atoms with Crippen LogP contribution in [0.3, 0.4) is 0 Å². The van der Waals surface area contributed by atoms with E-state index in [1.165, 1.54) is 0 Å². The lowest BCUT2D eigenvalue weighted by Crippen LogP contribution is -2.05. The SMILES string of the molecule is NC(=O)C=CC=O. The molecule has 3 nitrogen and oxygen atoms in total. The van der Waals surface area contributed by atoms with Gasteiger partial charge < -0.3 is 5.73 Å². The minimum Gasteiger partial charge on any atom is -0.366 e. The third-order valence-electron chi connectivity index (χ3n) is 0.339. The molecule has 1 amide bonds. The number of rotatable bonds is 2. The van der Waals surface area contributed by atoms with Gasteiger partial charge in [-0.15, -0.1) is 0 Å². The summed E-state index contributed by atoms with van der Waals surface area (Å²) in [6.45, 7) is 0. The molecule has 0 bridgehead atoms. The highest BCUT2D eigenvalue weighted by molar-refractivity contribution is 5.89. The second-order valence-corrected chi connectivity index (χ2v) is 0.898. The maximum Gasteiger partial charge on any atom is 0.241 e. The standard InChI is InChI=1S/C4H5NO2/c5-4(7)2-1-3-6/h1-3H,(H2,5,7). The van der Waals surface area contributed by atoms with Crippen molar-refractivity contribution in [2.24, 2.45) is 5.73 Å². The van der Waals surface area contributed by atoms with Crippen LogP contribution in [0.1, 0.15) is 0 Å². The molecule has 7 heavy (non-hydrogen) atoms. The number of hydrogen-bond acceptors (Lipinski definition) is 2. The summed E-state index contributed by atoms with van der Waals surface area (Å²) in [5.41, 5.74) is 4.59. The number of nitrogens with two attached hydrogens (primary N) is 1. The van der Waals surface area contributed by atoms with E-state index in [0.717, 1.165) is 12.2 Å². The van der Waals surface area contributed by atoms with Crippen molar-refractivity contribution in [2.75, 3.05) is 0 Å². The number of carbonyl (C=O) groups excluding carboxylic acids is 2. The van der Waals surface area contributed by atoms with E-state index < -0.39 is 5.91 Å². The summed E-state index contributed by atoms with van der Waals surface area (Å²) in [6, 6.07) is 0. The molecule has 0 fully saturated rings. The van der Waals surface area contributed by atoms with Crippen LogP contribution in [0.25, 0.3) is 0 Å². The van der Waals surface area contributed by atoms with Crippen LogP contribution in [0.15, 0.2) is 12.2 Å². The minimum absolute atomic E-state index is 0.491. The predicted molar refractivity (Wildman–Crippen MR) is 24.4 cm³/mol. The molecule has 0 aromatic rings. The van der Waals surface area contributed by atoms with Crippen molar-refractivity contribution >= 4 is 12.2 Å². The van der Waals surface area contributed by atoms with Crippen molar-refractivity contribution in [1.82, 2.24) is 0 Å². The van der Waals surface area contributed by atoms with Gasteiger partial charge in [-0.1, -0.05) is 0 Å². The molecular weight excluding hydrogens is 94.0 g/mol. The quantitative estimate of drug-likeness (QED) is 0.365. The summed E-state index contributed by atoms with van der Waals surface area (Å²) in [6.07, 6.45) is 2.53. The van der Waals surface area contributed by atoms with E-state index >= 15 is 0 Å². The largest absolute Gasteiger partial charge is 0.366 e. The highest BCUT2D eigenvalue weighted by Crippen LogP contribution is 1.60. The molecule has 0 saturated heterocycles. The number of primary amides is 1. The van der Waals surface area contributed by atoms with Gasteiger partial charge in [0.15, 0.2) is 0 Å². The van der Waals surface area contributed by atoms with Crippen LogP contribution in [-0.4, -0.2) is 12.2 Å². The van der Waals surface area contributed by atoms with Gasteiger partial charge in [-0.2, -0.15) is 0 Å². The van der Waals surface area contributed by atoms with Crippen LogP contribution in [0.4, 0.5) is 0 Å². The molecule has 0 aliphatic heterocycles. The second-order valence-electron chi connectivity index (χ2n) is 0.898. The lowest BCUT2D eigenvalue weighted by molar-refractivity contribution is -0.114. The number of aldehydes is 1. The van der Waals surface area contributed by atoms with Gasteiger partial charge in [-0.3, -0.25) is 9.59 Å². The third kappa shape index (κ3) is 4.88. The Morgan fingerprint density at radius 1 is 1.57 bits per heavy atom. The molecule has 0 rings (SSSR count). The average Bonchev–Trinajstić information content (AvgIpc) is 1.61. The van der Waals surface area contributed by atoms with E-state index in [0.29, 0.717) is 6.29 Å². The number of hydrogen-bond donors (Lipinski definition) is 1. The van der Waals surface area contributed by atoms with E-state index in [-0.39, 0.29) is 0 Å². The molecule has 38 valence electrons. The number of amides is 1. The molecule has 3 heteroatoms. The van der Waals surface area contributed by atoms with Gasteiger partial charge in [-0.05, 0) is 6.08 Å². The van der Waals surface area contributed by atoms with Crippen LogP contribution in [0, 0.1) is 0 Å². The van der Waals surface area contributed by atoms with Crippen LogP contribution < -0.4 is 5.73 Å². The summed E-state index contributed by atoms with van der Waals surface area (Å²) in [5.74, 6) is -0.605. The zero-order valence-electron chi connectivity index (χ0n) is 3.63. The molecular formula is C4H5NO2. The Labute approximate surface area is 40.8 Å². The Balaban J connectivity index is 3.46. The van der Waals surface area contributed by atoms with Crippen LogP contribution >= 0.6 is 0 Å². The highest BCUT2D eigenvalue weighted by Gasteiger charge is 1.75. The summed E-state index contributed by atoms with van der Waals surface area (Å²) in [7, 11) is 0. The van der Waals surface area contributed by atoms with E-state index in [1.54, 1.807) is 0 Å². The van der Waals surface area contributed by atoms with Crippen molar-refractivity contribution in [3.8, 4) is 0 Å². The average molecular weight is 99.1 g/mol. The Morgan fingerprint density at radius 2 is 2.14 bits per heavy atom. The normalized spacial score (nSPS) is 9.14. The number of allylic oxidation sites excluding steroid dienone is 1. The summed E-state index contributed by atoms with van der Waals surface area (Å²) >= 11 is 0. The van der Waals surface area contributed by atoms with Crippen molar-refractivity contribution < 1.29 is 9.59 Å². The molecule has 0 atom stereocenters. The van der Waals surface area contributed by atoms with Crippen molar-refractivity contribution in [3.05, 3.63) is 12.2 Å². The lowest BCUT2D eigenvalue weighted by atomic mass is 10.5. The molecule has 0 radical (unpaired) electrons. The molecule has 0 saturated carbocycles. The fraction of sp³-hybridized carbons (Fsp3) is 0. The zero-order valence-corrected chi connectivity index (χ0v) is 3.63. The summed E-state index contributed by atoms with van der Waals surface area (Å²) in [5, 5.41) is 0. The molecule has 0 aromatic carbocycles. The molecule has 2 N–H and O–H groups in total. The molecule has 0 aromatic heterocycles. The highest BCUT2D eigenvalue weighted by atomic mass is 16.1. The van der Waals surface area contributed by atoms with Crippen LogP contribution in [0.5, 0.6) is 0 Å². The first kappa shape index (κ1) is 5.88. The lowest BCUT2D eigenvalue weighted by Gasteiger charge is -1.69. The topological polar surface area (TPSA) is 60.2 Å². The van der Waals surface area contributed by atoms with E-state index in [9.17, 15) is 9.59 Å². The summed E-state index contributed by atoms with van der Waals surface area (Å²) < 4.78 is 0. The first-order valence-corrected chi connectivity index (χ1v) is 1.68. The fourth-order valence-electron chi connectivity index (χ4n) is 0.134. The van der Waals surface area contributed by atoms with Crippen molar-refractivity contribution in [1.29, 1.82) is 0 Å². The molecule has 0 unspecified atom stereocenters. The van der Waals surface area contributed by atoms with Gasteiger partial charge in [-0.25, -0.2) is 0 Å². The Kier molecular flexibility index (Phi) is 2.59. The smallest absolute Gasteiger partial charge is 0.241 e. The Morgan fingerprint density at radius 3 is 2.29 bits per heavy atom. The van der Waals surface area contributed by atoms with E-state index in [2.05, 4.69) is 5.73 Å². The van der Waals surface area contributed by atoms with Crippen molar-refractivity contribution in [2.45, 2.75) is 0 Å². The minimum atomic E-state index is -0.605. The van der Waals surface area contributed by atoms with Crippen LogP contribution in [0.2, 0.25) is 0 Å². The third-order valence-corrected chi connectivity index (χ3v) is 0.339. The van der Waals surface area contributed by atoms with Gasteiger partial charge >= 0.3 is 0 Å². The van der Waals surface area contributed by atoms with Crippen molar-refractivity contribution in [3.63, 3.8) is 0 Å². The first-order chi connectivity index (χ1) is 3.27. The monoisotopic (exact) mass is 99.0 g/mol. The zero-order chi connectivity index (χ0) is 5.70. The fourth-order valence-corrected chi connectivity index (χ4v) is 0.134. The molecule has 0 aliphatic rings. The van der Waals surface area contributed by atoms with Gasteiger partial charge in [0, 0.05) is 6.08 Å². The Bertz CT molecular complexity index is 106. The molecule has 0 spiro atoms. The Hall–Kier alpha value is -1.12. The number of carbonyl (C=O) groups is 2.